The zero-order chi connectivity index (χ0) is 23.6. The van der Waals surface area contributed by atoms with Crippen LogP contribution in [0.5, 0.6) is 5.75 Å². The maximum Gasteiger partial charge on any atom is 0.125 e. The Morgan fingerprint density at radius 3 is 2.58 bits per heavy atom. The molecule has 0 radical (unpaired) electrons. The lowest BCUT2D eigenvalue weighted by molar-refractivity contribution is -0.114. The Balaban J connectivity index is 1.52. The van der Waals surface area contributed by atoms with Crippen molar-refractivity contribution >= 4 is 33.2 Å². The summed E-state index contributed by atoms with van der Waals surface area (Å²) >= 11 is 3.53. The molecule has 3 aromatic carbocycles. The zero-order valence-electron chi connectivity index (χ0n) is 19.6. The predicted molar refractivity (Wildman–Crippen MR) is 137 cm³/mol. The lowest BCUT2D eigenvalue weighted by atomic mass is 9.85. The van der Waals surface area contributed by atoms with E-state index in [2.05, 4.69) is 57.8 Å². The van der Waals surface area contributed by atoms with Crippen molar-refractivity contribution in [2.45, 2.75) is 47.3 Å². The lowest BCUT2D eigenvalue weighted by Crippen LogP contribution is -2.17. The summed E-state index contributed by atoms with van der Waals surface area (Å²) in [6.45, 7) is 9.26. The summed E-state index contributed by atoms with van der Waals surface area (Å²) in [4.78, 5) is 16.0. The number of aryl methyl sites for hydroxylation is 2. The van der Waals surface area contributed by atoms with E-state index < -0.39 is 0 Å². The Bertz CT molecular complexity index is 1310. The molecule has 0 aliphatic carbocycles. The van der Waals surface area contributed by atoms with Crippen molar-refractivity contribution < 1.29 is 9.53 Å². The van der Waals surface area contributed by atoms with Gasteiger partial charge >= 0.3 is 0 Å². The first-order chi connectivity index (χ1) is 15.8. The fourth-order valence-electron chi connectivity index (χ4n) is 4.11. The molecule has 0 unspecified atom stereocenters. The van der Waals surface area contributed by atoms with Gasteiger partial charge in [0.05, 0.1) is 17.6 Å². The molecule has 5 heteroatoms. The van der Waals surface area contributed by atoms with Gasteiger partial charge in [-0.3, -0.25) is 0 Å². The molecule has 0 saturated heterocycles. The summed E-state index contributed by atoms with van der Waals surface area (Å²) in [7, 11) is 0. The normalized spacial score (nSPS) is 11.7. The van der Waals surface area contributed by atoms with Crippen LogP contribution in [0.4, 0.5) is 0 Å². The van der Waals surface area contributed by atoms with Crippen LogP contribution < -0.4 is 4.74 Å². The van der Waals surface area contributed by atoms with Crippen molar-refractivity contribution in [2.24, 2.45) is 5.41 Å². The standard InChI is InChI=1S/C28H29BrN2O2/c1-19-13-21(9-10-22(19)15-28(3,4)18-32)17-33-27-8-6-5-7-23(27)16-31-20(2)30-25-14-24(29)11-12-26(25)31/h5-14,18H,15-17H2,1-4H3. The average molecular weight is 505 g/mol. The molecule has 0 saturated carbocycles. The second-order valence-corrected chi connectivity index (χ2v) is 10.2. The fraction of sp³-hybridized carbons (Fsp3) is 0.286. The second-order valence-electron chi connectivity index (χ2n) is 9.32. The van der Waals surface area contributed by atoms with Crippen LogP contribution in [-0.4, -0.2) is 15.8 Å². The van der Waals surface area contributed by atoms with Crippen molar-refractivity contribution in [3.05, 3.63) is 93.2 Å². The lowest BCUT2D eigenvalue weighted by Gasteiger charge is -2.19. The molecule has 0 N–H and O–H groups in total. The molecule has 0 fully saturated rings. The van der Waals surface area contributed by atoms with E-state index in [4.69, 9.17) is 9.72 Å². The number of benzene rings is 3. The Morgan fingerprint density at radius 2 is 1.82 bits per heavy atom. The number of carbonyl (C=O) groups excluding carboxylic acids is 1. The number of fused-ring (bicyclic) bond motifs is 1. The summed E-state index contributed by atoms with van der Waals surface area (Å²) in [5.74, 6) is 1.85. The SMILES string of the molecule is Cc1cc(COc2ccccc2Cn2c(C)nc3cc(Br)ccc32)ccc1CC(C)(C)C=O. The number of hydrogen-bond acceptors (Lipinski definition) is 3. The number of ether oxygens (including phenoxy) is 1. The van der Waals surface area contributed by atoms with Gasteiger partial charge < -0.3 is 14.1 Å². The minimum absolute atomic E-state index is 0.354. The fourth-order valence-corrected chi connectivity index (χ4v) is 4.46. The molecule has 0 atom stereocenters. The van der Waals surface area contributed by atoms with Crippen molar-refractivity contribution in [3.63, 3.8) is 0 Å². The Labute approximate surface area is 203 Å². The third-order valence-electron chi connectivity index (χ3n) is 5.97. The van der Waals surface area contributed by atoms with Crippen LogP contribution in [-0.2, 0) is 24.4 Å². The molecule has 4 rings (SSSR count). The summed E-state index contributed by atoms with van der Waals surface area (Å²) in [5.41, 5.74) is 6.35. The first kappa shape index (κ1) is 23.2. The van der Waals surface area contributed by atoms with Gasteiger partial charge in [-0.2, -0.15) is 0 Å². The maximum absolute atomic E-state index is 11.3. The minimum Gasteiger partial charge on any atom is -0.489 e. The summed E-state index contributed by atoms with van der Waals surface area (Å²) in [6, 6.07) is 20.7. The smallest absolute Gasteiger partial charge is 0.125 e. The zero-order valence-corrected chi connectivity index (χ0v) is 21.1. The number of halogens is 1. The summed E-state index contributed by atoms with van der Waals surface area (Å²) in [6.07, 6.45) is 1.77. The van der Waals surface area contributed by atoms with Crippen LogP contribution in [0.2, 0.25) is 0 Å². The average Bonchev–Trinajstić information content (AvgIpc) is 3.08. The van der Waals surface area contributed by atoms with Crippen LogP contribution in [0.3, 0.4) is 0 Å². The van der Waals surface area contributed by atoms with Crippen LogP contribution in [0.15, 0.2) is 65.1 Å². The van der Waals surface area contributed by atoms with Crippen LogP contribution in [0.25, 0.3) is 11.0 Å². The molecule has 4 nitrogen and oxygen atoms in total. The number of imidazole rings is 1. The summed E-state index contributed by atoms with van der Waals surface area (Å²) in [5, 5.41) is 0. The van der Waals surface area contributed by atoms with Gasteiger partial charge in [0.2, 0.25) is 0 Å². The first-order valence-electron chi connectivity index (χ1n) is 11.1. The molecule has 0 bridgehead atoms. The molecule has 4 aromatic rings. The Hall–Kier alpha value is -2.92. The van der Waals surface area contributed by atoms with Gasteiger partial charge in [0.1, 0.15) is 24.5 Å². The van der Waals surface area contributed by atoms with E-state index in [1.54, 1.807) is 0 Å². The van der Waals surface area contributed by atoms with Crippen molar-refractivity contribution in [1.82, 2.24) is 9.55 Å². The van der Waals surface area contributed by atoms with Crippen LogP contribution in [0.1, 0.15) is 41.9 Å². The Kier molecular flexibility index (Phi) is 6.71. The largest absolute Gasteiger partial charge is 0.489 e. The van der Waals surface area contributed by atoms with Crippen LogP contribution in [0, 0.1) is 19.3 Å². The van der Waals surface area contributed by atoms with E-state index >= 15 is 0 Å². The molecule has 33 heavy (non-hydrogen) atoms. The maximum atomic E-state index is 11.3. The van der Waals surface area contributed by atoms with Crippen LogP contribution >= 0.6 is 15.9 Å². The van der Waals surface area contributed by atoms with Gasteiger partial charge in [-0.05, 0) is 61.2 Å². The number of rotatable bonds is 8. The van der Waals surface area contributed by atoms with Gasteiger partial charge in [0.15, 0.2) is 0 Å². The van der Waals surface area contributed by atoms with Gasteiger partial charge in [0, 0.05) is 15.5 Å². The number of para-hydroxylation sites is 1. The second kappa shape index (κ2) is 9.52. The molecule has 1 aromatic heterocycles. The van der Waals surface area contributed by atoms with Crippen molar-refractivity contribution in [2.75, 3.05) is 0 Å². The topological polar surface area (TPSA) is 44.1 Å². The number of nitrogens with zero attached hydrogens (tertiary/aromatic N) is 2. The highest BCUT2D eigenvalue weighted by Gasteiger charge is 2.18. The van der Waals surface area contributed by atoms with Gasteiger partial charge in [-0.1, -0.05) is 66.2 Å². The number of carbonyl (C=O) groups is 1. The highest BCUT2D eigenvalue weighted by atomic mass is 79.9. The van der Waals surface area contributed by atoms with Gasteiger partial charge in [-0.15, -0.1) is 0 Å². The van der Waals surface area contributed by atoms with E-state index in [9.17, 15) is 4.79 Å². The van der Waals surface area contributed by atoms with Crippen molar-refractivity contribution in [3.8, 4) is 5.75 Å². The molecule has 0 aliphatic rings. The number of hydrogen-bond donors (Lipinski definition) is 0. The van der Waals surface area contributed by atoms with E-state index in [1.807, 2.05) is 51.1 Å². The summed E-state index contributed by atoms with van der Waals surface area (Å²) < 4.78 is 9.51. The molecular weight excluding hydrogens is 476 g/mol. The predicted octanol–water partition coefficient (Wildman–Crippen LogP) is 6.81. The van der Waals surface area contributed by atoms with Gasteiger partial charge in [0.25, 0.3) is 0 Å². The van der Waals surface area contributed by atoms with E-state index in [0.717, 1.165) is 50.9 Å². The highest BCUT2D eigenvalue weighted by molar-refractivity contribution is 9.10. The van der Waals surface area contributed by atoms with E-state index in [1.165, 1.54) is 11.1 Å². The quantitative estimate of drug-likeness (QED) is 0.247. The third-order valence-corrected chi connectivity index (χ3v) is 6.46. The Morgan fingerprint density at radius 1 is 1.03 bits per heavy atom. The van der Waals surface area contributed by atoms with Gasteiger partial charge in [-0.25, -0.2) is 4.98 Å². The molecule has 0 aliphatic heterocycles. The monoisotopic (exact) mass is 504 g/mol. The molecule has 0 amide bonds. The highest BCUT2D eigenvalue weighted by Crippen LogP contribution is 2.27. The minimum atomic E-state index is -0.354. The first-order valence-corrected chi connectivity index (χ1v) is 11.9. The molecule has 1 heterocycles. The number of aromatic nitrogens is 2. The van der Waals surface area contributed by atoms with Crippen molar-refractivity contribution in [1.29, 1.82) is 0 Å². The molecule has 170 valence electrons. The third kappa shape index (κ3) is 5.36. The van der Waals surface area contributed by atoms with E-state index in [-0.39, 0.29) is 5.41 Å². The molecule has 0 spiro atoms. The number of aldehydes is 1. The molecular formula is C28H29BrN2O2. The van der Waals surface area contributed by atoms with E-state index in [0.29, 0.717) is 13.2 Å².